The third kappa shape index (κ3) is 3.75. The summed E-state index contributed by atoms with van der Waals surface area (Å²) in [5.74, 6) is 0.335. The molecule has 7 heteroatoms. The van der Waals surface area contributed by atoms with E-state index in [1.54, 1.807) is 49.6 Å². The number of halogens is 1. The molecule has 0 atom stereocenters. The molecule has 0 saturated carbocycles. The average molecular weight is 418 g/mol. The van der Waals surface area contributed by atoms with Gasteiger partial charge in [0.25, 0.3) is 11.8 Å². The van der Waals surface area contributed by atoms with Gasteiger partial charge in [0.2, 0.25) is 0 Å². The van der Waals surface area contributed by atoms with Gasteiger partial charge in [-0.1, -0.05) is 31.5 Å². The molecule has 0 aliphatic carbocycles. The fourth-order valence-electron chi connectivity index (χ4n) is 2.93. The zero-order valence-corrected chi connectivity index (χ0v) is 17.6. The number of nitrogens with zero attached hydrogens (tertiary/aromatic N) is 1. The van der Waals surface area contributed by atoms with E-state index in [1.165, 1.54) is 23.8 Å². The average Bonchev–Trinajstić information content (AvgIpc) is 2.91. The first-order valence-electron chi connectivity index (χ1n) is 8.65. The molecule has 0 unspecified atom stereocenters. The maximum atomic E-state index is 13.3. The van der Waals surface area contributed by atoms with E-state index in [0.717, 1.165) is 0 Å². The number of carbonyl (C=O) groups is 2. The Bertz CT molecular complexity index is 953. The summed E-state index contributed by atoms with van der Waals surface area (Å²) in [5, 5.41) is 0.666. The Labute approximate surface area is 173 Å². The van der Waals surface area contributed by atoms with Gasteiger partial charge in [0.05, 0.1) is 30.4 Å². The lowest BCUT2D eigenvalue weighted by Crippen LogP contribution is -2.31. The molecule has 1 aliphatic heterocycles. The van der Waals surface area contributed by atoms with E-state index in [0.29, 0.717) is 38.3 Å². The molecule has 0 spiro atoms. The number of methoxy groups -OCH3 is 2. The molecule has 1 heterocycles. The number of rotatable bonds is 6. The lowest BCUT2D eigenvalue weighted by atomic mass is 10.1. The quantitative estimate of drug-likeness (QED) is 0.633. The molecule has 1 aliphatic rings. The molecular weight excluding hydrogens is 398 g/mol. The molecule has 146 valence electrons. The van der Waals surface area contributed by atoms with Gasteiger partial charge in [-0.2, -0.15) is 0 Å². The van der Waals surface area contributed by atoms with Crippen molar-refractivity contribution in [3.8, 4) is 11.5 Å². The topological polar surface area (TPSA) is 55.8 Å². The minimum Gasteiger partial charge on any atom is -0.493 e. The number of imide groups is 1. The fourth-order valence-corrected chi connectivity index (χ4v) is 4.04. The van der Waals surface area contributed by atoms with Crippen LogP contribution >= 0.6 is 23.4 Å². The van der Waals surface area contributed by atoms with Crippen LogP contribution in [-0.4, -0.2) is 31.3 Å². The van der Waals surface area contributed by atoms with Crippen LogP contribution in [0.1, 0.15) is 19.4 Å². The van der Waals surface area contributed by atoms with E-state index in [4.69, 9.17) is 21.1 Å². The maximum absolute atomic E-state index is 13.3. The largest absolute Gasteiger partial charge is 0.493 e. The Morgan fingerprint density at radius 2 is 1.57 bits per heavy atom. The lowest BCUT2D eigenvalue weighted by Gasteiger charge is -2.15. The van der Waals surface area contributed by atoms with Crippen molar-refractivity contribution in [2.75, 3.05) is 19.1 Å². The molecule has 28 heavy (non-hydrogen) atoms. The number of hydrogen-bond donors (Lipinski definition) is 0. The summed E-state index contributed by atoms with van der Waals surface area (Å²) in [5.41, 5.74) is 1.45. The zero-order valence-electron chi connectivity index (χ0n) is 16.0. The monoisotopic (exact) mass is 417 g/mol. The molecule has 0 aromatic heterocycles. The lowest BCUT2D eigenvalue weighted by molar-refractivity contribution is -0.119. The van der Waals surface area contributed by atoms with Gasteiger partial charge in [-0.3, -0.25) is 9.59 Å². The predicted octanol–water partition coefficient (Wildman–Crippen LogP) is 4.78. The van der Waals surface area contributed by atoms with Crippen molar-refractivity contribution in [1.29, 1.82) is 0 Å². The first-order valence-corrected chi connectivity index (χ1v) is 9.90. The predicted molar refractivity (Wildman–Crippen MR) is 113 cm³/mol. The van der Waals surface area contributed by atoms with E-state index in [2.05, 4.69) is 0 Å². The fraction of sp³-hybridized carbons (Fsp3) is 0.238. The van der Waals surface area contributed by atoms with E-state index in [1.807, 2.05) is 13.8 Å². The molecule has 0 radical (unpaired) electrons. The van der Waals surface area contributed by atoms with Gasteiger partial charge in [0.15, 0.2) is 11.5 Å². The Balaban J connectivity index is 2.12. The van der Waals surface area contributed by atoms with Crippen molar-refractivity contribution in [3.05, 3.63) is 58.0 Å². The van der Waals surface area contributed by atoms with Crippen LogP contribution < -0.4 is 14.4 Å². The van der Waals surface area contributed by atoms with Crippen molar-refractivity contribution in [3.63, 3.8) is 0 Å². The van der Waals surface area contributed by atoms with Gasteiger partial charge in [-0.05, 0) is 42.0 Å². The highest BCUT2D eigenvalue weighted by molar-refractivity contribution is 8.04. The molecule has 0 N–H and O–H groups in total. The molecule has 2 aromatic carbocycles. The highest BCUT2D eigenvalue weighted by atomic mass is 35.5. The van der Waals surface area contributed by atoms with E-state index >= 15 is 0 Å². The molecule has 0 bridgehead atoms. The van der Waals surface area contributed by atoms with E-state index in [9.17, 15) is 9.59 Å². The van der Waals surface area contributed by atoms with Crippen LogP contribution in [-0.2, 0) is 9.59 Å². The van der Waals surface area contributed by atoms with Gasteiger partial charge < -0.3 is 9.47 Å². The minimum absolute atomic E-state index is 0.132. The van der Waals surface area contributed by atoms with E-state index in [-0.39, 0.29) is 17.1 Å². The normalized spacial score (nSPS) is 14.3. The first kappa shape index (κ1) is 20.3. The summed E-state index contributed by atoms with van der Waals surface area (Å²) < 4.78 is 10.6. The van der Waals surface area contributed by atoms with Gasteiger partial charge in [0.1, 0.15) is 0 Å². The van der Waals surface area contributed by atoms with Gasteiger partial charge in [-0.25, -0.2) is 4.90 Å². The Morgan fingerprint density at radius 3 is 2.14 bits per heavy atom. The van der Waals surface area contributed by atoms with Crippen molar-refractivity contribution in [2.24, 2.45) is 0 Å². The molecule has 2 aromatic rings. The van der Waals surface area contributed by atoms with Crippen LogP contribution in [0.3, 0.4) is 0 Å². The number of amides is 2. The van der Waals surface area contributed by atoms with Crippen molar-refractivity contribution in [2.45, 2.75) is 19.1 Å². The Hall–Kier alpha value is -2.44. The number of hydrogen-bond acceptors (Lipinski definition) is 5. The van der Waals surface area contributed by atoms with Crippen LogP contribution in [0.4, 0.5) is 5.69 Å². The summed E-state index contributed by atoms with van der Waals surface area (Å²) in [6.07, 6.45) is 0. The van der Waals surface area contributed by atoms with Crippen LogP contribution in [0.15, 0.2) is 47.4 Å². The minimum atomic E-state index is -0.373. The third-order valence-corrected chi connectivity index (χ3v) is 5.49. The number of ether oxygens (including phenoxy) is 2. The van der Waals surface area contributed by atoms with Crippen molar-refractivity contribution in [1.82, 2.24) is 0 Å². The highest BCUT2D eigenvalue weighted by Gasteiger charge is 2.40. The number of anilines is 1. The van der Waals surface area contributed by atoms with Crippen LogP contribution in [0.2, 0.25) is 5.02 Å². The van der Waals surface area contributed by atoms with Gasteiger partial charge >= 0.3 is 0 Å². The second kappa shape index (κ2) is 8.29. The molecule has 3 rings (SSSR count). The summed E-state index contributed by atoms with van der Waals surface area (Å²) in [6, 6.07) is 11.8. The zero-order chi connectivity index (χ0) is 20.4. The highest BCUT2D eigenvalue weighted by Crippen LogP contribution is 2.41. The standard InChI is InChI=1S/C21H20ClNO4S/c1-12(2)28-19-18(13-5-10-16(26-3)17(11-13)27-4)20(24)23(21(19)25)15-8-6-14(22)7-9-15/h5-12H,1-4H3. The number of carbonyl (C=O) groups excluding carboxylic acids is 2. The first-order chi connectivity index (χ1) is 13.4. The molecule has 2 amide bonds. The molecular formula is C21H20ClNO4S. The van der Waals surface area contributed by atoms with Gasteiger partial charge in [-0.15, -0.1) is 11.8 Å². The van der Waals surface area contributed by atoms with Crippen molar-refractivity contribution >= 4 is 46.4 Å². The van der Waals surface area contributed by atoms with Gasteiger partial charge in [0, 0.05) is 10.3 Å². The van der Waals surface area contributed by atoms with Crippen molar-refractivity contribution < 1.29 is 19.1 Å². The van der Waals surface area contributed by atoms with Crippen LogP contribution in [0.25, 0.3) is 5.57 Å². The van der Waals surface area contributed by atoms with Crippen LogP contribution in [0, 0.1) is 0 Å². The summed E-state index contributed by atoms with van der Waals surface area (Å²) in [6.45, 7) is 3.96. The Morgan fingerprint density at radius 1 is 0.929 bits per heavy atom. The number of thioether (sulfide) groups is 1. The number of benzene rings is 2. The molecule has 5 nitrogen and oxygen atoms in total. The molecule has 0 saturated heterocycles. The third-order valence-electron chi connectivity index (χ3n) is 4.15. The second-order valence-corrected chi connectivity index (χ2v) is 8.39. The smallest absolute Gasteiger partial charge is 0.272 e. The summed E-state index contributed by atoms with van der Waals surface area (Å²) in [7, 11) is 3.07. The summed E-state index contributed by atoms with van der Waals surface area (Å²) >= 11 is 7.32. The second-order valence-electron chi connectivity index (χ2n) is 6.36. The Kier molecular flexibility index (Phi) is 6.01. The van der Waals surface area contributed by atoms with E-state index < -0.39 is 0 Å². The van der Waals surface area contributed by atoms with Crippen LogP contribution in [0.5, 0.6) is 11.5 Å². The molecule has 0 fully saturated rings. The maximum Gasteiger partial charge on any atom is 0.272 e. The summed E-state index contributed by atoms with van der Waals surface area (Å²) in [4.78, 5) is 28.0. The SMILES string of the molecule is COc1ccc(C2=C(SC(C)C)C(=O)N(c3ccc(Cl)cc3)C2=O)cc1OC.